The Morgan fingerprint density at radius 2 is 2.56 bits per heavy atom. The Balaban J connectivity index is 2.62. The average Bonchev–Trinajstić information content (AvgIpc) is 2.13. The van der Waals surface area contributed by atoms with Crippen LogP contribution in [0.5, 0.6) is 0 Å². The number of hydrogen-bond donors (Lipinski definition) is 2. The molecule has 0 bridgehead atoms. The summed E-state index contributed by atoms with van der Waals surface area (Å²) in [4.78, 5) is 12.3. The van der Waals surface area contributed by atoms with Crippen molar-refractivity contribution in [2.75, 3.05) is 13.6 Å². The number of nitrogens with one attached hydrogen (secondary N) is 1. The van der Waals surface area contributed by atoms with E-state index in [1.165, 1.54) is 6.08 Å². The van der Waals surface area contributed by atoms with Gasteiger partial charge in [-0.15, -0.1) is 0 Å². The van der Waals surface area contributed by atoms with Crippen molar-refractivity contribution in [1.82, 2.24) is 10.3 Å². The molecular formula is C5H9N3O. The highest BCUT2D eigenvalue weighted by Crippen LogP contribution is 2.02. The van der Waals surface area contributed by atoms with E-state index in [1.807, 2.05) is 0 Å². The maximum Gasteiger partial charge on any atom is 0.248 e. The highest BCUT2D eigenvalue weighted by molar-refractivity contribution is 5.90. The van der Waals surface area contributed by atoms with Crippen LogP contribution in [-0.2, 0) is 4.79 Å². The topological polar surface area (TPSA) is 58.4 Å². The number of hydrazine groups is 1. The number of nitrogens with zero attached hydrogens (tertiary/aromatic N) is 1. The average molecular weight is 127 g/mol. The predicted molar refractivity (Wildman–Crippen MR) is 33.0 cm³/mol. The lowest BCUT2D eigenvalue weighted by Crippen LogP contribution is -2.26. The molecular weight excluding hydrogens is 118 g/mol. The van der Waals surface area contributed by atoms with Gasteiger partial charge in [0.15, 0.2) is 0 Å². The molecule has 0 aromatic heterocycles. The minimum atomic E-state index is 0.00273. The molecule has 1 aliphatic heterocycles. The molecule has 0 saturated heterocycles. The molecule has 4 nitrogen and oxygen atoms in total. The quantitative estimate of drug-likeness (QED) is 0.344. The van der Waals surface area contributed by atoms with Gasteiger partial charge in [-0.25, -0.2) is 0 Å². The third-order valence-corrected chi connectivity index (χ3v) is 1.27. The Hall–Kier alpha value is -1.03. The summed E-state index contributed by atoms with van der Waals surface area (Å²) in [6.45, 7) is 0.593. The molecule has 4 heteroatoms. The number of carbonyl (C=O) groups is 1. The lowest BCUT2D eigenvalue weighted by Gasteiger charge is -2.06. The van der Waals surface area contributed by atoms with Crippen LogP contribution in [0.2, 0.25) is 0 Å². The molecule has 0 aromatic carbocycles. The summed E-state index contributed by atoms with van der Waals surface area (Å²) in [5.41, 5.74) is 3.19. The van der Waals surface area contributed by atoms with Crippen molar-refractivity contribution in [2.45, 2.75) is 0 Å². The van der Waals surface area contributed by atoms with Crippen LogP contribution in [0, 0.1) is 0 Å². The van der Waals surface area contributed by atoms with E-state index in [-0.39, 0.29) is 5.91 Å². The van der Waals surface area contributed by atoms with E-state index in [0.29, 0.717) is 6.54 Å². The first-order valence-corrected chi connectivity index (χ1v) is 2.66. The lowest BCUT2D eigenvalue weighted by molar-refractivity contribution is -0.123. The Labute approximate surface area is 53.3 Å². The second-order valence-electron chi connectivity index (χ2n) is 2.01. The zero-order valence-corrected chi connectivity index (χ0v) is 5.22. The van der Waals surface area contributed by atoms with Crippen LogP contribution >= 0.6 is 0 Å². The second-order valence-corrected chi connectivity index (χ2v) is 2.01. The van der Waals surface area contributed by atoms with Crippen LogP contribution in [0.4, 0.5) is 0 Å². The van der Waals surface area contributed by atoms with Crippen molar-refractivity contribution in [3.05, 3.63) is 11.8 Å². The van der Waals surface area contributed by atoms with Crippen molar-refractivity contribution in [2.24, 2.45) is 5.84 Å². The second kappa shape index (κ2) is 2.06. The molecule has 1 heterocycles. The van der Waals surface area contributed by atoms with Gasteiger partial charge in [-0.05, 0) is 0 Å². The van der Waals surface area contributed by atoms with Crippen LogP contribution < -0.4 is 11.3 Å². The van der Waals surface area contributed by atoms with Gasteiger partial charge in [-0.3, -0.25) is 10.6 Å². The molecule has 0 saturated carbocycles. The number of likely N-dealkylation sites (N-methyl/N-ethyl adjacent to an activating group) is 1. The van der Waals surface area contributed by atoms with E-state index in [0.717, 1.165) is 5.70 Å². The molecule has 0 unspecified atom stereocenters. The monoisotopic (exact) mass is 127 g/mol. The minimum Gasteiger partial charge on any atom is -0.336 e. The van der Waals surface area contributed by atoms with Gasteiger partial charge in [0.1, 0.15) is 0 Å². The molecule has 1 aliphatic rings. The third-order valence-electron chi connectivity index (χ3n) is 1.27. The molecule has 0 spiro atoms. The first-order valence-electron chi connectivity index (χ1n) is 2.66. The summed E-state index contributed by atoms with van der Waals surface area (Å²) in [6, 6.07) is 0. The number of hydrogen-bond acceptors (Lipinski definition) is 3. The number of rotatable bonds is 1. The molecule has 0 aliphatic carbocycles. The van der Waals surface area contributed by atoms with E-state index < -0.39 is 0 Å². The Kier molecular flexibility index (Phi) is 1.40. The molecule has 1 amide bonds. The zero-order chi connectivity index (χ0) is 6.85. The van der Waals surface area contributed by atoms with Crippen molar-refractivity contribution in [3.8, 4) is 0 Å². The van der Waals surface area contributed by atoms with Gasteiger partial charge < -0.3 is 10.3 Å². The van der Waals surface area contributed by atoms with Crippen molar-refractivity contribution in [3.63, 3.8) is 0 Å². The molecule has 0 fully saturated rings. The SMILES string of the molecule is CN1CC(NN)=CC1=O. The van der Waals surface area contributed by atoms with Gasteiger partial charge in [0, 0.05) is 13.1 Å². The Bertz CT molecular complexity index is 164. The minimum absolute atomic E-state index is 0.00273. The predicted octanol–water partition coefficient (Wildman–Crippen LogP) is -1.19. The zero-order valence-electron chi connectivity index (χ0n) is 5.22. The van der Waals surface area contributed by atoms with Gasteiger partial charge >= 0.3 is 0 Å². The van der Waals surface area contributed by atoms with E-state index in [9.17, 15) is 4.79 Å². The van der Waals surface area contributed by atoms with Crippen molar-refractivity contribution < 1.29 is 4.79 Å². The van der Waals surface area contributed by atoms with Crippen LogP contribution in [-0.4, -0.2) is 24.4 Å². The van der Waals surface area contributed by atoms with E-state index in [4.69, 9.17) is 5.84 Å². The molecule has 3 N–H and O–H groups in total. The third kappa shape index (κ3) is 1.02. The van der Waals surface area contributed by atoms with Crippen LogP contribution in [0.15, 0.2) is 11.8 Å². The fourth-order valence-electron chi connectivity index (χ4n) is 0.726. The van der Waals surface area contributed by atoms with E-state index in [2.05, 4.69) is 5.43 Å². The van der Waals surface area contributed by atoms with Crippen LogP contribution in [0.1, 0.15) is 0 Å². The molecule has 1 rings (SSSR count). The molecule has 0 atom stereocenters. The van der Waals surface area contributed by atoms with Crippen molar-refractivity contribution >= 4 is 5.91 Å². The molecule has 0 radical (unpaired) electrons. The number of nitrogens with two attached hydrogens (primary N) is 1. The highest BCUT2D eigenvalue weighted by Gasteiger charge is 2.15. The molecule has 9 heavy (non-hydrogen) atoms. The fourth-order valence-corrected chi connectivity index (χ4v) is 0.726. The Morgan fingerprint density at radius 3 is 2.78 bits per heavy atom. The first-order chi connectivity index (χ1) is 4.24. The van der Waals surface area contributed by atoms with Crippen LogP contribution in [0.25, 0.3) is 0 Å². The largest absolute Gasteiger partial charge is 0.336 e. The summed E-state index contributed by atoms with van der Waals surface area (Å²) in [5, 5.41) is 0. The molecule has 0 aromatic rings. The fraction of sp³-hybridized carbons (Fsp3) is 0.400. The summed E-state index contributed by atoms with van der Waals surface area (Å²) in [7, 11) is 1.73. The summed E-state index contributed by atoms with van der Waals surface area (Å²) >= 11 is 0. The van der Waals surface area contributed by atoms with Gasteiger partial charge in [-0.1, -0.05) is 0 Å². The van der Waals surface area contributed by atoms with Crippen LogP contribution in [0.3, 0.4) is 0 Å². The maximum absolute atomic E-state index is 10.7. The normalized spacial score (nSPS) is 18.2. The van der Waals surface area contributed by atoms with Gasteiger partial charge in [-0.2, -0.15) is 0 Å². The van der Waals surface area contributed by atoms with Gasteiger partial charge in [0.25, 0.3) is 0 Å². The summed E-state index contributed by atoms with van der Waals surface area (Å²) in [5.74, 6) is 5.06. The lowest BCUT2D eigenvalue weighted by atomic mass is 10.5. The number of amides is 1. The summed E-state index contributed by atoms with van der Waals surface area (Å²) < 4.78 is 0. The van der Waals surface area contributed by atoms with Gasteiger partial charge in [0.05, 0.1) is 12.2 Å². The van der Waals surface area contributed by atoms with E-state index in [1.54, 1.807) is 11.9 Å². The first kappa shape index (κ1) is 6.10. The standard InChI is InChI=1S/C5H9N3O/c1-8-3-4(7-6)2-5(8)9/h2,7H,3,6H2,1H3. The van der Waals surface area contributed by atoms with E-state index >= 15 is 0 Å². The van der Waals surface area contributed by atoms with Gasteiger partial charge in [0.2, 0.25) is 5.91 Å². The maximum atomic E-state index is 10.7. The van der Waals surface area contributed by atoms with Crippen molar-refractivity contribution in [1.29, 1.82) is 0 Å². The number of carbonyl (C=O) groups excluding carboxylic acids is 1. The smallest absolute Gasteiger partial charge is 0.248 e. The molecule has 50 valence electrons. The summed E-state index contributed by atoms with van der Waals surface area (Å²) in [6.07, 6.45) is 1.49. The Morgan fingerprint density at radius 1 is 1.89 bits per heavy atom. The highest BCUT2D eigenvalue weighted by atomic mass is 16.2.